The van der Waals surface area contributed by atoms with Crippen LogP contribution < -0.4 is 0 Å². The smallest absolute Gasteiger partial charge is 0.160 e. The van der Waals surface area contributed by atoms with E-state index in [9.17, 15) is 0 Å². The Kier molecular flexibility index (Phi) is 7.90. The number of nitrogens with zero attached hydrogens (tertiary/aromatic N) is 2. The number of rotatable bonds is 5. The molecule has 8 aromatic carbocycles. The topological polar surface area (TPSA) is 25.8 Å². The summed E-state index contributed by atoms with van der Waals surface area (Å²) in [5, 5.41) is 3.54. The van der Waals surface area contributed by atoms with Gasteiger partial charge in [0.2, 0.25) is 0 Å². The molecule has 1 aliphatic heterocycles. The average molecular weight is 787 g/mol. The summed E-state index contributed by atoms with van der Waals surface area (Å²) in [6, 6.07) is 72.8. The molecule has 59 heavy (non-hydrogen) atoms. The van der Waals surface area contributed by atoms with Crippen LogP contribution >= 0.6 is 23.1 Å². The fraction of sp³-hybridized carbons (Fsp3) is 0.0182. The molecule has 1 aliphatic carbocycles. The number of thiophene rings is 1. The van der Waals surface area contributed by atoms with Crippen molar-refractivity contribution in [2.45, 2.75) is 15.2 Å². The summed E-state index contributed by atoms with van der Waals surface area (Å²) in [7, 11) is 0. The van der Waals surface area contributed by atoms with Gasteiger partial charge >= 0.3 is 0 Å². The minimum absolute atomic E-state index is 0.433. The molecule has 0 amide bonds. The molecule has 2 aliphatic rings. The maximum absolute atomic E-state index is 5.12. The summed E-state index contributed by atoms with van der Waals surface area (Å²) in [5.41, 5.74) is 17.3. The van der Waals surface area contributed by atoms with Crippen LogP contribution in [0.1, 0.15) is 22.3 Å². The average Bonchev–Trinajstić information content (AvgIpc) is 3.91. The maximum Gasteiger partial charge on any atom is 0.160 e. The van der Waals surface area contributed by atoms with Crippen molar-refractivity contribution in [1.82, 2.24) is 9.97 Å². The highest BCUT2D eigenvalue weighted by Gasteiger charge is 2.50. The number of benzene rings is 8. The fourth-order valence-electron chi connectivity index (χ4n) is 9.39. The SMILES string of the molecule is c1ccc(-c2cc(-c3cccc(-c4cccc(-c5ccc6c(c5)C5(c7ccccc7S6)c6ccccc6-c6c5ccc5ccsc65)c4)c3)nc(-c3ccccc3)n2)cc1. The second-order valence-electron chi connectivity index (χ2n) is 15.3. The van der Waals surface area contributed by atoms with E-state index in [1.165, 1.54) is 64.4 Å². The second kappa shape index (κ2) is 13.6. The predicted octanol–water partition coefficient (Wildman–Crippen LogP) is 14.9. The minimum Gasteiger partial charge on any atom is -0.228 e. The molecule has 4 heteroatoms. The summed E-state index contributed by atoms with van der Waals surface area (Å²) in [4.78, 5) is 12.8. The molecule has 0 bridgehead atoms. The predicted molar refractivity (Wildman–Crippen MR) is 246 cm³/mol. The van der Waals surface area contributed by atoms with Crippen LogP contribution in [0.15, 0.2) is 215 Å². The van der Waals surface area contributed by atoms with Crippen molar-refractivity contribution in [3.8, 4) is 67.3 Å². The summed E-state index contributed by atoms with van der Waals surface area (Å²) in [6.07, 6.45) is 0. The summed E-state index contributed by atoms with van der Waals surface area (Å²) in [5.74, 6) is 0.715. The van der Waals surface area contributed by atoms with Gasteiger partial charge in [-0.1, -0.05) is 169 Å². The van der Waals surface area contributed by atoms with E-state index < -0.39 is 5.41 Å². The standard InChI is InChI=1S/C55H34N2S2/c1-3-13-35(14-4-1)48-34-49(57-54(56-48)37-15-5-2-6-16-37)42-20-12-19-40(32-42)38-17-11-18-39(31-38)41-26-28-51-47(33-41)55(45-23-9-10-24-50(45)59-51)44-22-8-7-21-43(44)52-46(55)27-25-36-29-30-58-53(36)52/h1-34H. The molecule has 0 fully saturated rings. The maximum atomic E-state index is 5.12. The van der Waals surface area contributed by atoms with Gasteiger partial charge in [0.1, 0.15) is 0 Å². The molecule has 0 saturated heterocycles. The fourth-order valence-corrected chi connectivity index (χ4v) is 11.5. The molecule has 1 spiro atoms. The van der Waals surface area contributed by atoms with Gasteiger partial charge in [-0.3, -0.25) is 0 Å². The Morgan fingerprint density at radius 1 is 0.373 bits per heavy atom. The first-order chi connectivity index (χ1) is 29.2. The molecule has 12 rings (SSSR count). The zero-order valence-electron chi connectivity index (χ0n) is 31.8. The Hall–Kier alpha value is -6.85. The van der Waals surface area contributed by atoms with Crippen LogP contribution in [-0.4, -0.2) is 9.97 Å². The van der Waals surface area contributed by atoms with E-state index in [2.05, 4.69) is 181 Å². The van der Waals surface area contributed by atoms with Gasteiger partial charge in [-0.25, -0.2) is 9.97 Å². The lowest BCUT2D eigenvalue weighted by Crippen LogP contribution is -2.32. The lowest BCUT2D eigenvalue weighted by Gasteiger charge is -2.40. The van der Waals surface area contributed by atoms with Crippen molar-refractivity contribution < 1.29 is 0 Å². The highest BCUT2D eigenvalue weighted by molar-refractivity contribution is 7.99. The van der Waals surface area contributed by atoms with Crippen LogP contribution in [0.25, 0.3) is 77.4 Å². The quantitative estimate of drug-likeness (QED) is 0.174. The Balaban J connectivity index is 0.988. The van der Waals surface area contributed by atoms with Crippen molar-refractivity contribution in [3.05, 3.63) is 228 Å². The molecule has 1 atom stereocenters. The van der Waals surface area contributed by atoms with Crippen molar-refractivity contribution in [3.63, 3.8) is 0 Å². The normalized spacial score (nSPS) is 14.8. The minimum atomic E-state index is -0.433. The molecule has 1 unspecified atom stereocenters. The molecule has 0 N–H and O–H groups in total. The zero-order chi connectivity index (χ0) is 38.9. The van der Waals surface area contributed by atoms with Gasteiger partial charge in [0.15, 0.2) is 5.82 Å². The number of hydrogen-bond acceptors (Lipinski definition) is 4. The van der Waals surface area contributed by atoms with Crippen LogP contribution in [0, 0.1) is 0 Å². The van der Waals surface area contributed by atoms with E-state index in [1.807, 2.05) is 47.4 Å². The number of fused-ring (bicyclic) bond motifs is 11. The third-order valence-electron chi connectivity index (χ3n) is 12.0. The summed E-state index contributed by atoms with van der Waals surface area (Å²) >= 11 is 3.74. The summed E-state index contributed by atoms with van der Waals surface area (Å²) < 4.78 is 1.37. The van der Waals surface area contributed by atoms with Crippen LogP contribution in [0.3, 0.4) is 0 Å². The molecule has 276 valence electrons. The van der Waals surface area contributed by atoms with E-state index in [0.29, 0.717) is 5.82 Å². The second-order valence-corrected chi connectivity index (χ2v) is 17.3. The largest absolute Gasteiger partial charge is 0.228 e. The highest BCUT2D eigenvalue weighted by Crippen LogP contribution is 2.63. The van der Waals surface area contributed by atoms with Gasteiger partial charge in [-0.2, -0.15) is 0 Å². The van der Waals surface area contributed by atoms with E-state index in [-0.39, 0.29) is 0 Å². The van der Waals surface area contributed by atoms with Gasteiger partial charge in [0, 0.05) is 36.7 Å². The Bertz CT molecular complexity index is 3200. The van der Waals surface area contributed by atoms with E-state index in [4.69, 9.17) is 9.97 Å². The van der Waals surface area contributed by atoms with Crippen molar-refractivity contribution in [1.29, 1.82) is 0 Å². The lowest BCUT2D eigenvalue weighted by molar-refractivity contribution is 0.723. The Morgan fingerprint density at radius 3 is 1.75 bits per heavy atom. The zero-order valence-corrected chi connectivity index (χ0v) is 33.5. The van der Waals surface area contributed by atoms with Crippen LogP contribution in [0.5, 0.6) is 0 Å². The van der Waals surface area contributed by atoms with E-state index in [0.717, 1.165) is 39.2 Å². The van der Waals surface area contributed by atoms with Crippen molar-refractivity contribution in [2.75, 3.05) is 0 Å². The van der Waals surface area contributed by atoms with Gasteiger partial charge in [-0.05, 0) is 103 Å². The molecule has 0 radical (unpaired) electrons. The first-order valence-corrected chi connectivity index (χ1v) is 21.7. The third kappa shape index (κ3) is 5.41. The van der Waals surface area contributed by atoms with Gasteiger partial charge < -0.3 is 0 Å². The van der Waals surface area contributed by atoms with Gasteiger partial charge in [0.25, 0.3) is 0 Å². The Labute approximate surface area is 351 Å². The molecule has 0 saturated carbocycles. The molecular weight excluding hydrogens is 753 g/mol. The van der Waals surface area contributed by atoms with Crippen molar-refractivity contribution in [2.24, 2.45) is 0 Å². The van der Waals surface area contributed by atoms with Crippen molar-refractivity contribution >= 4 is 33.2 Å². The molecular formula is C55H34N2S2. The van der Waals surface area contributed by atoms with Crippen LogP contribution in [-0.2, 0) is 5.41 Å². The number of hydrogen-bond donors (Lipinski definition) is 0. The first-order valence-electron chi connectivity index (χ1n) is 20.0. The summed E-state index contributed by atoms with van der Waals surface area (Å²) in [6.45, 7) is 0. The van der Waals surface area contributed by atoms with Gasteiger partial charge in [0.05, 0.1) is 16.8 Å². The third-order valence-corrected chi connectivity index (χ3v) is 14.1. The molecule has 2 aromatic heterocycles. The highest BCUT2D eigenvalue weighted by atomic mass is 32.2. The lowest BCUT2D eigenvalue weighted by atomic mass is 9.67. The number of aromatic nitrogens is 2. The van der Waals surface area contributed by atoms with Crippen LogP contribution in [0.2, 0.25) is 0 Å². The first kappa shape index (κ1) is 34.2. The Morgan fingerprint density at radius 2 is 0.966 bits per heavy atom. The van der Waals surface area contributed by atoms with Gasteiger partial charge in [-0.15, -0.1) is 11.3 Å². The molecule has 3 heterocycles. The van der Waals surface area contributed by atoms with Crippen LogP contribution in [0.4, 0.5) is 0 Å². The molecule has 2 nitrogen and oxygen atoms in total. The molecule has 10 aromatic rings. The monoisotopic (exact) mass is 786 g/mol. The van der Waals surface area contributed by atoms with E-state index in [1.54, 1.807) is 0 Å². The van der Waals surface area contributed by atoms with E-state index >= 15 is 0 Å².